The minimum Gasteiger partial charge on any atom is -0.207 e. The monoisotopic (exact) mass is 150 g/mol. The zero-order valence-electron chi connectivity index (χ0n) is 6.55. The van der Waals surface area contributed by atoms with Gasteiger partial charge in [-0.2, -0.15) is 0 Å². The van der Waals surface area contributed by atoms with Gasteiger partial charge in [0.1, 0.15) is 5.82 Å². The van der Waals surface area contributed by atoms with Crippen LogP contribution in [-0.2, 0) is 0 Å². The first-order valence-corrected chi connectivity index (χ1v) is 3.62. The maximum absolute atomic E-state index is 12.6. The van der Waals surface area contributed by atoms with Gasteiger partial charge in [-0.15, -0.1) is 6.58 Å². The Kier molecular flexibility index (Phi) is 2.42. The number of hydrogen-bond acceptors (Lipinski definition) is 0. The molecular weight excluding hydrogens is 139 g/mol. The van der Waals surface area contributed by atoms with Gasteiger partial charge in [-0.05, 0) is 23.6 Å². The SMILES string of the molecule is C=C[C@@H](C)c1cccc(F)c1. The summed E-state index contributed by atoms with van der Waals surface area (Å²) < 4.78 is 12.6. The van der Waals surface area contributed by atoms with Gasteiger partial charge in [0.25, 0.3) is 0 Å². The van der Waals surface area contributed by atoms with Crippen LogP contribution in [0.1, 0.15) is 18.4 Å². The first kappa shape index (κ1) is 7.99. The Bertz CT molecular complexity index is 253. The summed E-state index contributed by atoms with van der Waals surface area (Å²) in [4.78, 5) is 0. The van der Waals surface area contributed by atoms with Gasteiger partial charge in [0.05, 0.1) is 0 Å². The van der Waals surface area contributed by atoms with E-state index >= 15 is 0 Å². The summed E-state index contributed by atoms with van der Waals surface area (Å²) in [7, 11) is 0. The molecule has 0 aliphatic rings. The summed E-state index contributed by atoms with van der Waals surface area (Å²) in [6.07, 6.45) is 1.80. The molecule has 0 aliphatic heterocycles. The van der Waals surface area contributed by atoms with Gasteiger partial charge >= 0.3 is 0 Å². The van der Waals surface area contributed by atoms with Gasteiger partial charge in [0.15, 0.2) is 0 Å². The Hall–Kier alpha value is -1.11. The standard InChI is InChI=1S/C10H11F/c1-3-8(2)9-5-4-6-10(11)7-9/h3-8H,1H2,2H3/t8-/m1/s1. The average molecular weight is 150 g/mol. The molecule has 0 aromatic heterocycles. The van der Waals surface area contributed by atoms with E-state index in [9.17, 15) is 4.39 Å². The molecule has 0 unspecified atom stereocenters. The number of rotatable bonds is 2. The second-order valence-corrected chi connectivity index (χ2v) is 2.58. The lowest BCUT2D eigenvalue weighted by molar-refractivity contribution is 0.624. The van der Waals surface area contributed by atoms with Gasteiger partial charge in [0, 0.05) is 0 Å². The highest BCUT2D eigenvalue weighted by Gasteiger charge is 2.00. The van der Waals surface area contributed by atoms with E-state index in [2.05, 4.69) is 6.58 Å². The molecule has 1 rings (SSSR count). The average Bonchev–Trinajstić information content (AvgIpc) is 2.03. The van der Waals surface area contributed by atoms with E-state index in [1.54, 1.807) is 12.1 Å². The maximum Gasteiger partial charge on any atom is 0.123 e. The molecule has 0 spiro atoms. The molecule has 1 heteroatoms. The third-order valence-corrected chi connectivity index (χ3v) is 1.73. The number of hydrogen-bond donors (Lipinski definition) is 0. The van der Waals surface area contributed by atoms with Crippen LogP contribution >= 0.6 is 0 Å². The van der Waals surface area contributed by atoms with E-state index in [0.29, 0.717) is 0 Å². The molecular formula is C10H11F. The van der Waals surface area contributed by atoms with E-state index in [1.165, 1.54) is 12.1 Å². The van der Waals surface area contributed by atoms with Crippen LogP contribution in [0.2, 0.25) is 0 Å². The predicted molar refractivity (Wildman–Crippen MR) is 45.0 cm³/mol. The van der Waals surface area contributed by atoms with Crippen molar-refractivity contribution in [2.45, 2.75) is 12.8 Å². The van der Waals surface area contributed by atoms with Crippen LogP contribution in [0.3, 0.4) is 0 Å². The molecule has 0 bridgehead atoms. The number of benzene rings is 1. The zero-order valence-corrected chi connectivity index (χ0v) is 6.55. The van der Waals surface area contributed by atoms with Crippen LogP contribution in [0, 0.1) is 5.82 Å². The lowest BCUT2D eigenvalue weighted by Gasteiger charge is -2.04. The highest BCUT2D eigenvalue weighted by Crippen LogP contribution is 2.16. The molecule has 0 nitrogen and oxygen atoms in total. The van der Waals surface area contributed by atoms with Gasteiger partial charge in [-0.25, -0.2) is 4.39 Å². The van der Waals surface area contributed by atoms with Crippen molar-refractivity contribution in [3.05, 3.63) is 48.3 Å². The normalized spacial score (nSPS) is 12.5. The highest BCUT2D eigenvalue weighted by molar-refractivity contribution is 5.22. The Labute approximate surface area is 66.4 Å². The smallest absolute Gasteiger partial charge is 0.123 e. The number of halogens is 1. The topological polar surface area (TPSA) is 0 Å². The molecule has 0 N–H and O–H groups in total. The lowest BCUT2D eigenvalue weighted by atomic mass is 10.0. The van der Waals surface area contributed by atoms with Crippen molar-refractivity contribution in [3.63, 3.8) is 0 Å². The van der Waals surface area contributed by atoms with Crippen molar-refractivity contribution >= 4 is 0 Å². The van der Waals surface area contributed by atoms with E-state index in [1.807, 2.05) is 13.0 Å². The van der Waals surface area contributed by atoms with Crippen LogP contribution in [0.15, 0.2) is 36.9 Å². The largest absolute Gasteiger partial charge is 0.207 e. The van der Waals surface area contributed by atoms with Crippen LogP contribution < -0.4 is 0 Å². The summed E-state index contributed by atoms with van der Waals surface area (Å²) in [6, 6.07) is 6.59. The van der Waals surface area contributed by atoms with E-state index in [-0.39, 0.29) is 11.7 Å². The van der Waals surface area contributed by atoms with Gasteiger partial charge in [0.2, 0.25) is 0 Å². The molecule has 11 heavy (non-hydrogen) atoms. The minimum atomic E-state index is -0.184. The number of allylic oxidation sites excluding steroid dienone is 1. The van der Waals surface area contributed by atoms with Gasteiger partial charge in [-0.3, -0.25) is 0 Å². The Balaban J connectivity index is 2.95. The minimum absolute atomic E-state index is 0.184. The van der Waals surface area contributed by atoms with Crippen molar-refractivity contribution in [2.24, 2.45) is 0 Å². The van der Waals surface area contributed by atoms with Crippen molar-refractivity contribution in [2.75, 3.05) is 0 Å². The fraction of sp³-hybridized carbons (Fsp3) is 0.200. The fourth-order valence-electron chi connectivity index (χ4n) is 0.926. The summed E-state index contributed by atoms with van der Waals surface area (Å²) in [5.41, 5.74) is 0.972. The third-order valence-electron chi connectivity index (χ3n) is 1.73. The van der Waals surface area contributed by atoms with Crippen molar-refractivity contribution in [1.29, 1.82) is 0 Å². The molecule has 0 saturated carbocycles. The van der Waals surface area contributed by atoms with Crippen LogP contribution in [-0.4, -0.2) is 0 Å². The molecule has 0 saturated heterocycles. The molecule has 58 valence electrons. The Morgan fingerprint density at radius 2 is 2.27 bits per heavy atom. The first-order valence-electron chi connectivity index (χ1n) is 3.62. The molecule has 0 amide bonds. The van der Waals surface area contributed by atoms with Gasteiger partial charge < -0.3 is 0 Å². The third kappa shape index (κ3) is 1.90. The molecule has 0 aliphatic carbocycles. The predicted octanol–water partition coefficient (Wildman–Crippen LogP) is 3.12. The van der Waals surface area contributed by atoms with E-state index in [4.69, 9.17) is 0 Å². The van der Waals surface area contributed by atoms with Crippen LogP contribution in [0.25, 0.3) is 0 Å². The first-order chi connectivity index (χ1) is 5.24. The summed E-state index contributed by atoms with van der Waals surface area (Å²) in [6.45, 7) is 5.63. The molecule has 1 aromatic rings. The van der Waals surface area contributed by atoms with Crippen molar-refractivity contribution in [3.8, 4) is 0 Å². The van der Waals surface area contributed by atoms with Gasteiger partial charge in [-0.1, -0.05) is 25.1 Å². The zero-order chi connectivity index (χ0) is 8.27. The maximum atomic E-state index is 12.6. The molecule has 0 fully saturated rings. The molecule has 1 aromatic carbocycles. The fourth-order valence-corrected chi connectivity index (χ4v) is 0.926. The summed E-state index contributed by atoms with van der Waals surface area (Å²) in [5.74, 6) is 0.0434. The van der Waals surface area contributed by atoms with E-state index in [0.717, 1.165) is 5.56 Å². The Morgan fingerprint density at radius 3 is 2.82 bits per heavy atom. The van der Waals surface area contributed by atoms with Crippen molar-refractivity contribution in [1.82, 2.24) is 0 Å². The summed E-state index contributed by atoms with van der Waals surface area (Å²) in [5, 5.41) is 0. The van der Waals surface area contributed by atoms with Crippen LogP contribution in [0.5, 0.6) is 0 Å². The lowest BCUT2D eigenvalue weighted by Crippen LogP contribution is -1.88. The molecule has 0 radical (unpaired) electrons. The van der Waals surface area contributed by atoms with Crippen LogP contribution in [0.4, 0.5) is 4.39 Å². The molecule has 1 atom stereocenters. The second kappa shape index (κ2) is 3.33. The summed E-state index contributed by atoms with van der Waals surface area (Å²) >= 11 is 0. The van der Waals surface area contributed by atoms with E-state index < -0.39 is 0 Å². The Morgan fingerprint density at radius 1 is 1.55 bits per heavy atom. The van der Waals surface area contributed by atoms with Crippen molar-refractivity contribution < 1.29 is 4.39 Å². The highest BCUT2D eigenvalue weighted by atomic mass is 19.1. The second-order valence-electron chi connectivity index (χ2n) is 2.58. The quantitative estimate of drug-likeness (QED) is 0.568. The molecule has 0 heterocycles.